The molecule has 0 radical (unpaired) electrons. The molecule has 0 saturated heterocycles. The van der Waals surface area contributed by atoms with Crippen molar-refractivity contribution in [2.45, 2.75) is 5.51 Å². The normalized spacial score (nSPS) is 12.9. The summed E-state index contributed by atoms with van der Waals surface area (Å²) in [6.45, 7) is 0. The summed E-state index contributed by atoms with van der Waals surface area (Å²) in [5.74, 6) is -0.648. The van der Waals surface area contributed by atoms with Crippen LogP contribution in [-0.2, 0) is 10.1 Å². The first-order valence-electron chi connectivity index (χ1n) is 4.34. The van der Waals surface area contributed by atoms with E-state index >= 15 is 0 Å². The van der Waals surface area contributed by atoms with E-state index in [1.165, 1.54) is 16.7 Å². The number of hydrogen-bond donors (Lipinski definition) is 0. The number of halogens is 4. The van der Waals surface area contributed by atoms with Gasteiger partial charge in [0.2, 0.25) is 0 Å². The minimum Gasteiger partial charge on any atom is -0.354 e. The van der Waals surface area contributed by atoms with E-state index in [1.54, 1.807) is 6.07 Å². The van der Waals surface area contributed by atoms with E-state index in [-0.39, 0.29) is 5.65 Å². The standard InChI is InChI=1S/C8H4BrF3N2O3S/c9-5-1-2-6-13-7(4-14(6)3-5)17-18(15,16)8(10,11)12/h1-4H. The lowest BCUT2D eigenvalue weighted by Crippen LogP contribution is -2.28. The van der Waals surface area contributed by atoms with Crippen LogP contribution in [0, 0.1) is 0 Å². The van der Waals surface area contributed by atoms with Crippen LogP contribution >= 0.6 is 15.9 Å². The van der Waals surface area contributed by atoms with E-state index < -0.39 is 21.5 Å². The molecule has 0 atom stereocenters. The van der Waals surface area contributed by atoms with Gasteiger partial charge in [-0.15, -0.1) is 0 Å². The molecule has 98 valence electrons. The van der Waals surface area contributed by atoms with E-state index in [4.69, 9.17) is 0 Å². The van der Waals surface area contributed by atoms with Crippen molar-refractivity contribution >= 4 is 31.7 Å². The molecule has 2 aromatic heterocycles. The Bertz CT molecular complexity index is 695. The molecule has 2 rings (SSSR count). The molecular weight excluding hydrogens is 341 g/mol. The molecule has 0 aliphatic carbocycles. The third-order valence-corrected chi connectivity index (χ3v) is 3.30. The summed E-state index contributed by atoms with van der Waals surface area (Å²) >= 11 is 3.15. The van der Waals surface area contributed by atoms with Crippen LogP contribution in [0.1, 0.15) is 0 Å². The largest absolute Gasteiger partial charge is 0.534 e. The summed E-state index contributed by atoms with van der Waals surface area (Å²) in [4.78, 5) is 3.59. The Morgan fingerprint density at radius 3 is 2.56 bits per heavy atom. The van der Waals surface area contributed by atoms with Gasteiger partial charge in [0.25, 0.3) is 5.88 Å². The molecule has 0 spiro atoms. The number of rotatable bonds is 2. The number of alkyl halides is 3. The first kappa shape index (κ1) is 13.1. The third kappa shape index (κ3) is 2.43. The van der Waals surface area contributed by atoms with E-state index in [2.05, 4.69) is 25.1 Å². The summed E-state index contributed by atoms with van der Waals surface area (Å²) in [7, 11) is -5.70. The molecule has 0 unspecified atom stereocenters. The van der Waals surface area contributed by atoms with Gasteiger partial charge in [-0.25, -0.2) is 0 Å². The van der Waals surface area contributed by atoms with Crippen LogP contribution < -0.4 is 4.18 Å². The van der Waals surface area contributed by atoms with Crippen LogP contribution in [0.2, 0.25) is 0 Å². The summed E-state index contributed by atoms with van der Waals surface area (Å²) in [5, 5.41) is 0. The van der Waals surface area contributed by atoms with Gasteiger partial charge in [-0.1, -0.05) is 0 Å². The van der Waals surface area contributed by atoms with Crippen molar-refractivity contribution in [1.82, 2.24) is 9.38 Å². The molecule has 0 amide bonds. The van der Waals surface area contributed by atoms with E-state index in [0.29, 0.717) is 4.47 Å². The highest BCUT2D eigenvalue weighted by atomic mass is 79.9. The molecule has 0 bridgehead atoms. The second kappa shape index (κ2) is 4.12. The zero-order valence-electron chi connectivity index (χ0n) is 8.35. The maximum atomic E-state index is 12.1. The second-order valence-electron chi connectivity index (χ2n) is 3.18. The van der Waals surface area contributed by atoms with E-state index in [1.807, 2.05) is 0 Å². The van der Waals surface area contributed by atoms with E-state index in [9.17, 15) is 21.6 Å². The second-order valence-corrected chi connectivity index (χ2v) is 5.63. The predicted molar refractivity (Wildman–Crippen MR) is 58.5 cm³/mol. The van der Waals surface area contributed by atoms with Crippen LogP contribution in [0.15, 0.2) is 29.0 Å². The van der Waals surface area contributed by atoms with Crippen molar-refractivity contribution in [1.29, 1.82) is 0 Å². The molecule has 18 heavy (non-hydrogen) atoms. The zero-order chi connectivity index (χ0) is 13.6. The zero-order valence-corrected chi connectivity index (χ0v) is 10.8. The topological polar surface area (TPSA) is 60.7 Å². The molecule has 0 aliphatic heterocycles. The number of imidazole rings is 1. The molecule has 0 aromatic carbocycles. The van der Waals surface area contributed by atoms with Crippen LogP contribution in [-0.4, -0.2) is 23.3 Å². The Hall–Kier alpha value is -1.29. The highest BCUT2D eigenvalue weighted by Crippen LogP contribution is 2.26. The van der Waals surface area contributed by atoms with Crippen molar-refractivity contribution in [2.24, 2.45) is 0 Å². The SMILES string of the molecule is O=S(=O)(Oc1cn2cc(Br)ccc2n1)C(F)(F)F. The lowest BCUT2D eigenvalue weighted by atomic mass is 10.5. The quantitative estimate of drug-likeness (QED) is 0.619. The van der Waals surface area contributed by atoms with Crippen molar-refractivity contribution in [3.05, 3.63) is 29.0 Å². The molecule has 2 aromatic rings. The van der Waals surface area contributed by atoms with Crippen LogP contribution in [0.4, 0.5) is 13.2 Å². The van der Waals surface area contributed by atoms with Gasteiger partial charge in [-0.3, -0.25) is 0 Å². The Balaban J connectivity index is 2.39. The van der Waals surface area contributed by atoms with Gasteiger partial charge in [0.05, 0.1) is 6.20 Å². The van der Waals surface area contributed by atoms with Crippen LogP contribution in [0.3, 0.4) is 0 Å². The highest BCUT2D eigenvalue weighted by molar-refractivity contribution is 9.10. The van der Waals surface area contributed by atoms with Crippen molar-refractivity contribution in [3.8, 4) is 5.88 Å². The monoisotopic (exact) mass is 344 g/mol. The average Bonchev–Trinajstić information content (AvgIpc) is 2.56. The van der Waals surface area contributed by atoms with Crippen molar-refractivity contribution in [3.63, 3.8) is 0 Å². The Morgan fingerprint density at radius 2 is 1.94 bits per heavy atom. The number of fused-ring (bicyclic) bond motifs is 1. The predicted octanol–water partition coefficient (Wildman–Crippen LogP) is 2.33. The third-order valence-electron chi connectivity index (χ3n) is 1.87. The lowest BCUT2D eigenvalue weighted by molar-refractivity contribution is -0.0501. The summed E-state index contributed by atoms with van der Waals surface area (Å²) < 4.78 is 63.6. The Labute approximate surface area is 107 Å². The van der Waals surface area contributed by atoms with Crippen LogP contribution in [0.25, 0.3) is 5.65 Å². The Morgan fingerprint density at radius 1 is 1.28 bits per heavy atom. The molecule has 0 N–H and O–H groups in total. The molecule has 2 heterocycles. The summed E-state index contributed by atoms with van der Waals surface area (Å²) in [5.41, 5.74) is -5.23. The molecule has 0 fully saturated rings. The van der Waals surface area contributed by atoms with E-state index in [0.717, 1.165) is 6.20 Å². The molecule has 0 saturated carbocycles. The molecule has 0 aliphatic rings. The van der Waals surface area contributed by atoms with Gasteiger partial charge in [-0.05, 0) is 28.1 Å². The first-order valence-corrected chi connectivity index (χ1v) is 6.54. The van der Waals surface area contributed by atoms with Gasteiger partial charge >= 0.3 is 15.6 Å². The van der Waals surface area contributed by atoms with Gasteiger partial charge in [0, 0.05) is 10.7 Å². The maximum absolute atomic E-state index is 12.1. The fourth-order valence-electron chi connectivity index (χ4n) is 1.14. The van der Waals surface area contributed by atoms with Gasteiger partial charge in [0.15, 0.2) is 0 Å². The first-order chi connectivity index (χ1) is 8.19. The lowest BCUT2D eigenvalue weighted by Gasteiger charge is -2.06. The van der Waals surface area contributed by atoms with Crippen LogP contribution in [0.5, 0.6) is 5.88 Å². The number of aromatic nitrogens is 2. The Kier molecular flexibility index (Phi) is 3.01. The average molecular weight is 345 g/mol. The fourth-order valence-corrected chi connectivity index (χ4v) is 1.89. The fraction of sp³-hybridized carbons (Fsp3) is 0.125. The molecule has 10 heteroatoms. The minimum atomic E-state index is -5.70. The van der Waals surface area contributed by atoms with Gasteiger partial charge < -0.3 is 8.58 Å². The number of hydrogen-bond acceptors (Lipinski definition) is 4. The van der Waals surface area contributed by atoms with Crippen molar-refractivity contribution < 1.29 is 25.8 Å². The highest BCUT2D eigenvalue weighted by Gasteiger charge is 2.49. The number of nitrogens with zero attached hydrogens (tertiary/aromatic N) is 2. The molecular formula is C8H4BrF3N2O3S. The number of pyridine rings is 1. The van der Waals surface area contributed by atoms with Crippen molar-refractivity contribution in [2.75, 3.05) is 0 Å². The minimum absolute atomic E-state index is 0.255. The summed E-state index contributed by atoms with van der Waals surface area (Å²) in [6, 6.07) is 3.08. The van der Waals surface area contributed by atoms with Gasteiger partial charge in [-0.2, -0.15) is 26.6 Å². The molecule has 5 nitrogen and oxygen atoms in total. The maximum Gasteiger partial charge on any atom is 0.534 e. The summed E-state index contributed by atoms with van der Waals surface area (Å²) in [6.07, 6.45) is 2.53. The smallest absolute Gasteiger partial charge is 0.354 e. The van der Waals surface area contributed by atoms with Gasteiger partial charge in [0.1, 0.15) is 5.65 Å².